The first-order valence-electron chi connectivity index (χ1n) is 6.20. The van der Waals surface area contributed by atoms with Crippen LogP contribution in [0.3, 0.4) is 0 Å². The Morgan fingerprint density at radius 3 is 2.65 bits per heavy atom. The van der Waals surface area contributed by atoms with Gasteiger partial charge in [0, 0.05) is 0 Å². The lowest BCUT2D eigenvalue weighted by Gasteiger charge is -2.04. The van der Waals surface area contributed by atoms with Crippen LogP contribution in [0, 0.1) is 6.92 Å². The van der Waals surface area contributed by atoms with E-state index in [2.05, 4.69) is 50.8 Å². The van der Waals surface area contributed by atoms with Crippen molar-refractivity contribution in [2.24, 2.45) is 0 Å². The number of allylic oxidation sites excluding steroid dienone is 5. The van der Waals surface area contributed by atoms with E-state index in [0.717, 1.165) is 18.4 Å². The highest BCUT2D eigenvalue weighted by atomic mass is 14.0. The maximum atomic E-state index is 3.82. The van der Waals surface area contributed by atoms with Crippen LogP contribution in [0.25, 0.3) is 0 Å². The summed E-state index contributed by atoms with van der Waals surface area (Å²) in [5.41, 5.74) is 5.29. The van der Waals surface area contributed by atoms with E-state index in [1.165, 1.54) is 16.7 Å². The van der Waals surface area contributed by atoms with Crippen molar-refractivity contribution in [2.45, 2.75) is 33.6 Å². The summed E-state index contributed by atoms with van der Waals surface area (Å²) in [7, 11) is 0. The van der Waals surface area contributed by atoms with Crippen LogP contribution in [-0.2, 0) is 12.8 Å². The quantitative estimate of drug-likeness (QED) is 0.633. The van der Waals surface area contributed by atoms with Gasteiger partial charge in [0.1, 0.15) is 0 Å². The average molecular weight is 226 g/mol. The third-order valence-corrected chi connectivity index (χ3v) is 2.78. The third kappa shape index (κ3) is 4.86. The van der Waals surface area contributed by atoms with Crippen molar-refractivity contribution in [1.29, 1.82) is 0 Å². The zero-order chi connectivity index (χ0) is 12.7. The number of benzene rings is 1. The topological polar surface area (TPSA) is 0 Å². The second-order valence-electron chi connectivity index (χ2n) is 4.45. The first kappa shape index (κ1) is 13.5. The van der Waals surface area contributed by atoms with Crippen molar-refractivity contribution in [3.63, 3.8) is 0 Å². The molecule has 0 aliphatic carbocycles. The molecule has 1 aromatic rings. The molecule has 0 spiro atoms. The summed E-state index contributed by atoms with van der Waals surface area (Å²) in [4.78, 5) is 0. The fourth-order valence-electron chi connectivity index (χ4n) is 1.70. The monoisotopic (exact) mass is 226 g/mol. The maximum Gasteiger partial charge on any atom is -0.00917 e. The van der Waals surface area contributed by atoms with Gasteiger partial charge in [-0.3, -0.25) is 0 Å². The van der Waals surface area contributed by atoms with Gasteiger partial charge in [-0.2, -0.15) is 0 Å². The van der Waals surface area contributed by atoms with Crippen LogP contribution in [0.2, 0.25) is 0 Å². The predicted octanol–water partition coefficient (Wildman–Crippen LogP) is 4.79. The van der Waals surface area contributed by atoms with E-state index >= 15 is 0 Å². The highest BCUT2D eigenvalue weighted by Gasteiger charge is 1.96. The van der Waals surface area contributed by atoms with E-state index in [-0.39, 0.29) is 0 Å². The van der Waals surface area contributed by atoms with Crippen LogP contribution >= 0.6 is 0 Å². The first-order chi connectivity index (χ1) is 8.13. The second-order valence-corrected chi connectivity index (χ2v) is 4.45. The molecule has 0 heteroatoms. The molecule has 0 amide bonds. The van der Waals surface area contributed by atoms with E-state index < -0.39 is 0 Å². The standard InChI is InChI=1S/C17H22/c1-5-16-11-12-17(15(4)13-16)10-8-6-7-9-14(2)3/h6-9,11-13H,2,5,10H2,1,3-4H3/b8-6-,9-7-. The summed E-state index contributed by atoms with van der Waals surface area (Å²) in [5, 5.41) is 0. The van der Waals surface area contributed by atoms with Crippen LogP contribution in [0.1, 0.15) is 30.5 Å². The average Bonchev–Trinajstić information content (AvgIpc) is 2.30. The molecule has 17 heavy (non-hydrogen) atoms. The van der Waals surface area contributed by atoms with Crippen molar-refractivity contribution in [1.82, 2.24) is 0 Å². The van der Waals surface area contributed by atoms with Gasteiger partial charge in [0.15, 0.2) is 0 Å². The SMILES string of the molecule is C=C(C)/C=C\C=C/Cc1ccc(CC)cc1C. The van der Waals surface area contributed by atoms with Gasteiger partial charge in [-0.25, -0.2) is 0 Å². The number of rotatable bonds is 5. The van der Waals surface area contributed by atoms with Crippen LogP contribution < -0.4 is 0 Å². The van der Waals surface area contributed by atoms with Gasteiger partial charge >= 0.3 is 0 Å². The van der Waals surface area contributed by atoms with E-state index in [1.54, 1.807) is 0 Å². The predicted molar refractivity (Wildman–Crippen MR) is 77.4 cm³/mol. The van der Waals surface area contributed by atoms with E-state index in [1.807, 2.05) is 19.1 Å². The first-order valence-corrected chi connectivity index (χ1v) is 6.20. The van der Waals surface area contributed by atoms with Crippen molar-refractivity contribution in [2.75, 3.05) is 0 Å². The van der Waals surface area contributed by atoms with Crippen LogP contribution in [-0.4, -0.2) is 0 Å². The molecule has 90 valence electrons. The minimum Gasteiger partial charge on any atom is -0.0961 e. The molecular weight excluding hydrogens is 204 g/mol. The van der Waals surface area contributed by atoms with Crippen molar-refractivity contribution in [3.05, 3.63) is 71.3 Å². The summed E-state index contributed by atoms with van der Waals surface area (Å²) in [6, 6.07) is 6.74. The van der Waals surface area contributed by atoms with E-state index in [4.69, 9.17) is 0 Å². The van der Waals surface area contributed by atoms with Crippen LogP contribution in [0.15, 0.2) is 54.7 Å². The molecular formula is C17H22. The Balaban J connectivity index is 2.60. The van der Waals surface area contributed by atoms with Gasteiger partial charge in [0.05, 0.1) is 0 Å². The summed E-state index contributed by atoms with van der Waals surface area (Å²) >= 11 is 0. The van der Waals surface area contributed by atoms with E-state index in [9.17, 15) is 0 Å². The smallest absolute Gasteiger partial charge is 0.00917 e. The van der Waals surface area contributed by atoms with Gasteiger partial charge in [0.25, 0.3) is 0 Å². The third-order valence-electron chi connectivity index (χ3n) is 2.78. The minimum atomic E-state index is 0.996. The number of hydrogen-bond donors (Lipinski definition) is 0. The Kier molecular flexibility index (Phi) is 5.48. The normalized spacial score (nSPS) is 11.5. The van der Waals surface area contributed by atoms with Crippen molar-refractivity contribution in [3.8, 4) is 0 Å². The molecule has 0 aromatic heterocycles. The van der Waals surface area contributed by atoms with Gasteiger partial charge < -0.3 is 0 Å². The highest BCUT2D eigenvalue weighted by molar-refractivity contribution is 5.32. The summed E-state index contributed by atoms with van der Waals surface area (Å²) in [6.07, 6.45) is 10.4. The lowest BCUT2D eigenvalue weighted by molar-refractivity contribution is 1.11. The molecule has 0 radical (unpaired) electrons. The van der Waals surface area contributed by atoms with Gasteiger partial charge in [-0.1, -0.05) is 61.6 Å². The summed E-state index contributed by atoms with van der Waals surface area (Å²) in [5.74, 6) is 0. The van der Waals surface area contributed by atoms with Crippen molar-refractivity contribution >= 4 is 0 Å². The maximum absolute atomic E-state index is 3.82. The van der Waals surface area contributed by atoms with Gasteiger partial charge in [0.2, 0.25) is 0 Å². The zero-order valence-corrected chi connectivity index (χ0v) is 11.2. The molecule has 0 atom stereocenters. The second kappa shape index (κ2) is 6.90. The molecule has 0 saturated heterocycles. The Hall–Kier alpha value is -1.56. The van der Waals surface area contributed by atoms with Crippen LogP contribution in [0.5, 0.6) is 0 Å². The fourth-order valence-corrected chi connectivity index (χ4v) is 1.70. The lowest BCUT2D eigenvalue weighted by Crippen LogP contribution is -1.89. The Morgan fingerprint density at radius 1 is 1.29 bits per heavy atom. The number of aryl methyl sites for hydroxylation is 2. The Morgan fingerprint density at radius 2 is 2.06 bits per heavy atom. The minimum absolute atomic E-state index is 0.996. The summed E-state index contributed by atoms with van der Waals surface area (Å²) < 4.78 is 0. The molecule has 0 bridgehead atoms. The molecule has 0 N–H and O–H groups in total. The van der Waals surface area contributed by atoms with Crippen LogP contribution in [0.4, 0.5) is 0 Å². The summed E-state index contributed by atoms with van der Waals surface area (Å²) in [6.45, 7) is 10.2. The van der Waals surface area contributed by atoms with Gasteiger partial charge in [-0.05, 0) is 43.4 Å². The van der Waals surface area contributed by atoms with E-state index in [0.29, 0.717) is 0 Å². The van der Waals surface area contributed by atoms with Gasteiger partial charge in [-0.15, -0.1) is 0 Å². The molecule has 1 rings (SSSR count). The van der Waals surface area contributed by atoms with Crippen molar-refractivity contribution < 1.29 is 0 Å². The largest absolute Gasteiger partial charge is 0.0961 e. The zero-order valence-electron chi connectivity index (χ0n) is 11.2. The number of hydrogen-bond acceptors (Lipinski definition) is 0. The molecule has 0 fully saturated rings. The Labute approximate surface area is 105 Å². The molecule has 0 aliphatic heterocycles. The fraction of sp³-hybridized carbons (Fsp3) is 0.294. The molecule has 1 aromatic carbocycles. The molecule has 0 unspecified atom stereocenters. The molecule has 0 heterocycles. The lowest BCUT2D eigenvalue weighted by atomic mass is 10.0. The Bertz CT molecular complexity index is 433. The molecule has 0 saturated carbocycles. The highest BCUT2D eigenvalue weighted by Crippen LogP contribution is 2.12. The molecule has 0 aliphatic rings. The molecule has 0 nitrogen and oxygen atoms in total.